The largest absolute Gasteiger partial charge is 0.480 e. The normalized spacial score (nSPS) is 19.8. The van der Waals surface area contributed by atoms with E-state index >= 15 is 0 Å². The summed E-state index contributed by atoms with van der Waals surface area (Å²) in [6, 6.07) is -1.28. The number of urea groups is 1. The molecular weight excluding hydrogens is 254 g/mol. The third-order valence-electron chi connectivity index (χ3n) is 1.94. The third-order valence-corrected chi connectivity index (χ3v) is 3.46. The zero-order chi connectivity index (χ0) is 11.5. The molecule has 2 amide bonds. The van der Waals surface area contributed by atoms with Gasteiger partial charge < -0.3 is 10.0 Å². The van der Waals surface area contributed by atoms with E-state index in [1.807, 2.05) is 0 Å². The highest BCUT2D eigenvalue weighted by molar-refractivity contribution is 7.99. The average molecular weight is 261 g/mol. The monoisotopic (exact) mass is 261 g/mol. The molecule has 1 aliphatic rings. The highest BCUT2D eigenvalue weighted by atomic mass is 32.2. The predicted molar refractivity (Wildman–Crippen MR) is 57.3 cm³/mol. The number of nitrogens with zero attached hydrogens (tertiary/aromatic N) is 4. The highest BCUT2D eigenvalue weighted by Gasteiger charge is 2.34. The standard InChI is InChI=1S/C6H7N5O3S2/c12-4(13)3-1-15-2-11(3)6(14)7-5-8-9-10-16-5/h3H,1-2H2,(H,12,13)(H,7,8,10,14). The highest BCUT2D eigenvalue weighted by Crippen LogP contribution is 2.22. The molecule has 8 nitrogen and oxygen atoms in total. The summed E-state index contributed by atoms with van der Waals surface area (Å²) in [5.41, 5.74) is 0. The van der Waals surface area contributed by atoms with Gasteiger partial charge in [-0.25, -0.2) is 9.59 Å². The van der Waals surface area contributed by atoms with Gasteiger partial charge in [0.15, 0.2) is 0 Å². The van der Waals surface area contributed by atoms with Gasteiger partial charge in [0.1, 0.15) is 6.04 Å². The van der Waals surface area contributed by atoms with Crippen molar-refractivity contribution in [1.29, 1.82) is 0 Å². The number of anilines is 1. The van der Waals surface area contributed by atoms with Crippen molar-refractivity contribution in [3.05, 3.63) is 0 Å². The van der Waals surface area contributed by atoms with Crippen molar-refractivity contribution < 1.29 is 14.7 Å². The molecule has 0 aliphatic carbocycles. The average Bonchev–Trinajstić information content (AvgIpc) is 2.86. The van der Waals surface area contributed by atoms with Gasteiger partial charge in [0.2, 0.25) is 5.13 Å². The number of hydrogen-bond donors (Lipinski definition) is 2. The first-order valence-electron chi connectivity index (χ1n) is 4.21. The summed E-state index contributed by atoms with van der Waals surface area (Å²) in [5.74, 6) is -0.248. The molecule has 86 valence electrons. The lowest BCUT2D eigenvalue weighted by Crippen LogP contribution is -2.43. The van der Waals surface area contributed by atoms with Gasteiger partial charge in [-0.2, -0.15) is 0 Å². The summed E-state index contributed by atoms with van der Waals surface area (Å²) < 4.78 is 3.48. The summed E-state index contributed by atoms with van der Waals surface area (Å²) in [4.78, 5) is 23.8. The molecule has 1 atom stereocenters. The molecule has 1 aromatic rings. The van der Waals surface area contributed by atoms with Gasteiger partial charge in [-0.15, -0.1) is 11.8 Å². The van der Waals surface area contributed by atoms with Crippen molar-refractivity contribution in [2.45, 2.75) is 6.04 Å². The number of hydrogen-bond acceptors (Lipinski definition) is 7. The number of carbonyl (C=O) groups is 2. The van der Waals surface area contributed by atoms with Gasteiger partial charge in [-0.1, -0.05) is 9.59 Å². The molecule has 2 rings (SSSR count). The Kier molecular flexibility index (Phi) is 3.19. The van der Waals surface area contributed by atoms with Crippen molar-refractivity contribution in [2.75, 3.05) is 16.9 Å². The lowest BCUT2D eigenvalue weighted by atomic mass is 10.3. The number of nitrogens with one attached hydrogen (secondary N) is 1. The van der Waals surface area contributed by atoms with Gasteiger partial charge in [0.25, 0.3) is 0 Å². The van der Waals surface area contributed by atoms with Gasteiger partial charge in [0, 0.05) is 17.3 Å². The summed E-state index contributed by atoms with van der Waals surface area (Å²) >= 11 is 2.33. The second kappa shape index (κ2) is 4.61. The maximum atomic E-state index is 11.7. The van der Waals surface area contributed by atoms with Crippen LogP contribution in [-0.2, 0) is 4.79 Å². The quantitative estimate of drug-likeness (QED) is 0.766. The van der Waals surface area contributed by atoms with Crippen molar-refractivity contribution in [3.63, 3.8) is 0 Å². The first-order valence-corrected chi connectivity index (χ1v) is 6.14. The van der Waals surface area contributed by atoms with Crippen molar-refractivity contribution in [1.82, 2.24) is 19.7 Å². The number of carboxylic acid groups (broad SMARTS) is 1. The zero-order valence-electron chi connectivity index (χ0n) is 7.86. The Bertz CT molecular complexity index is 397. The molecule has 1 unspecified atom stereocenters. The topological polar surface area (TPSA) is 108 Å². The van der Waals surface area contributed by atoms with E-state index in [9.17, 15) is 9.59 Å². The molecule has 0 saturated carbocycles. The molecule has 0 radical (unpaired) electrons. The number of thioether (sulfide) groups is 1. The SMILES string of the molecule is O=C(O)C1CSCN1C(=O)Nc1nnns1. The van der Waals surface area contributed by atoms with Crippen LogP contribution in [0.4, 0.5) is 9.93 Å². The molecule has 10 heteroatoms. The van der Waals surface area contributed by atoms with Gasteiger partial charge in [-0.3, -0.25) is 5.32 Å². The van der Waals surface area contributed by atoms with Gasteiger partial charge in [-0.05, 0) is 5.21 Å². The summed E-state index contributed by atoms with van der Waals surface area (Å²) in [7, 11) is 0. The Morgan fingerprint density at radius 1 is 1.56 bits per heavy atom. The van der Waals surface area contributed by atoms with Crippen molar-refractivity contribution in [3.8, 4) is 0 Å². The van der Waals surface area contributed by atoms with Crippen LogP contribution in [0.2, 0.25) is 0 Å². The molecule has 2 heterocycles. The number of carboxylic acids is 1. The van der Waals surface area contributed by atoms with Gasteiger partial charge in [0.05, 0.1) is 5.88 Å². The minimum absolute atomic E-state index is 0.256. The molecule has 0 aromatic carbocycles. The minimum Gasteiger partial charge on any atom is -0.480 e. The van der Waals surface area contributed by atoms with Crippen LogP contribution in [0, 0.1) is 0 Å². The van der Waals surface area contributed by atoms with Crippen LogP contribution in [0.3, 0.4) is 0 Å². The van der Waals surface area contributed by atoms with E-state index in [4.69, 9.17) is 5.11 Å². The Hall–Kier alpha value is -1.42. The van der Waals surface area contributed by atoms with E-state index in [0.29, 0.717) is 11.6 Å². The Morgan fingerprint density at radius 2 is 2.38 bits per heavy atom. The fourth-order valence-corrected chi connectivity index (χ4v) is 2.69. The molecule has 0 bridgehead atoms. The smallest absolute Gasteiger partial charge is 0.327 e. The molecule has 16 heavy (non-hydrogen) atoms. The molecule has 1 aromatic heterocycles. The van der Waals surface area contributed by atoms with E-state index in [2.05, 4.69) is 20.1 Å². The molecular formula is C6H7N5O3S2. The third kappa shape index (κ3) is 2.22. The number of carbonyl (C=O) groups excluding carboxylic acids is 1. The second-order valence-electron chi connectivity index (χ2n) is 2.92. The van der Waals surface area contributed by atoms with Crippen molar-refractivity contribution in [2.24, 2.45) is 0 Å². The fraction of sp³-hybridized carbons (Fsp3) is 0.500. The molecule has 2 N–H and O–H groups in total. The van der Waals surface area contributed by atoms with E-state index in [-0.39, 0.29) is 5.13 Å². The maximum Gasteiger partial charge on any atom is 0.327 e. The van der Waals surface area contributed by atoms with Crippen LogP contribution in [0.15, 0.2) is 0 Å². The first-order chi connectivity index (χ1) is 7.68. The number of aromatic nitrogens is 3. The van der Waals surface area contributed by atoms with Crippen LogP contribution >= 0.6 is 23.3 Å². The molecule has 1 fully saturated rings. The molecule has 0 spiro atoms. The van der Waals surface area contributed by atoms with E-state index < -0.39 is 18.0 Å². The number of rotatable bonds is 2. The summed E-state index contributed by atoms with van der Waals surface area (Å²) in [6.07, 6.45) is 0. The van der Waals surface area contributed by atoms with E-state index in [1.54, 1.807) is 0 Å². The van der Waals surface area contributed by atoms with Crippen LogP contribution < -0.4 is 5.32 Å². The second-order valence-corrected chi connectivity index (χ2v) is 4.65. The van der Waals surface area contributed by atoms with Crippen molar-refractivity contribution >= 4 is 40.4 Å². The van der Waals surface area contributed by atoms with Gasteiger partial charge >= 0.3 is 12.0 Å². The zero-order valence-corrected chi connectivity index (χ0v) is 9.49. The van der Waals surface area contributed by atoms with E-state index in [0.717, 1.165) is 11.5 Å². The lowest BCUT2D eigenvalue weighted by molar-refractivity contribution is -0.140. The van der Waals surface area contributed by atoms with E-state index in [1.165, 1.54) is 16.7 Å². The Morgan fingerprint density at radius 3 is 3.00 bits per heavy atom. The maximum absolute atomic E-state index is 11.7. The minimum atomic E-state index is -1.00. The van der Waals surface area contributed by atoms with Crippen LogP contribution in [0.1, 0.15) is 0 Å². The lowest BCUT2D eigenvalue weighted by Gasteiger charge is -2.19. The fourth-order valence-electron chi connectivity index (χ4n) is 1.19. The van der Waals surface area contributed by atoms with Crippen LogP contribution in [-0.4, -0.2) is 54.5 Å². The predicted octanol–water partition coefficient (Wildman–Crippen LogP) is -0.0755. The molecule has 1 saturated heterocycles. The summed E-state index contributed by atoms with van der Waals surface area (Å²) in [5, 5.41) is 18.4. The molecule has 1 aliphatic heterocycles. The van der Waals surface area contributed by atoms with Crippen LogP contribution in [0.5, 0.6) is 0 Å². The Labute approximate surface area is 98.2 Å². The number of amides is 2. The summed E-state index contributed by atoms with van der Waals surface area (Å²) in [6.45, 7) is 0. The Balaban J connectivity index is 2.01. The first kappa shape index (κ1) is 11.1. The number of aliphatic carboxylic acids is 1. The van der Waals surface area contributed by atoms with Crippen LogP contribution in [0.25, 0.3) is 0 Å².